The van der Waals surface area contributed by atoms with E-state index in [4.69, 9.17) is 17.3 Å². The second-order valence-corrected chi connectivity index (χ2v) is 6.21. The molecule has 1 fully saturated rings. The minimum atomic E-state index is 0.219. The van der Waals surface area contributed by atoms with Crippen LogP contribution in [0.3, 0.4) is 0 Å². The van der Waals surface area contributed by atoms with Gasteiger partial charge >= 0.3 is 0 Å². The van der Waals surface area contributed by atoms with Crippen LogP contribution in [-0.4, -0.2) is 16.5 Å². The standard InChI is InChI=1S/C18H17ClN4/c19-16-11-17(22-18(20)21-16)23-10-4-9-15(23)14-8-3-6-12-5-1-2-7-13(12)14/h1-3,5-8,11,15H,4,9-10H2,(H2,20,21,22). The van der Waals surface area contributed by atoms with Crippen LogP contribution in [0.5, 0.6) is 0 Å². The molecule has 1 saturated heterocycles. The van der Waals surface area contributed by atoms with Crippen molar-refractivity contribution in [2.75, 3.05) is 17.2 Å². The highest BCUT2D eigenvalue weighted by Gasteiger charge is 2.28. The van der Waals surface area contributed by atoms with Gasteiger partial charge in [0.25, 0.3) is 0 Å². The molecule has 4 rings (SSSR count). The van der Waals surface area contributed by atoms with Crippen molar-refractivity contribution in [2.45, 2.75) is 18.9 Å². The number of rotatable bonds is 2. The highest BCUT2D eigenvalue weighted by molar-refractivity contribution is 6.29. The van der Waals surface area contributed by atoms with Crippen LogP contribution >= 0.6 is 11.6 Å². The largest absolute Gasteiger partial charge is 0.368 e. The van der Waals surface area contributed by atoms with Crippen molar-refractivity contribution >= 4 is 34.1 Å². The first-order valence-corrected chi connectivity index (χ1v) is 8.14. The molecule has 3 aromatic rings. The van der Waals surface area contributed by atoms with E-state index >= 15 is 0 Å². The first-order chi connectivity index (χ1) is 11.2. The molecule has 2 N–H and O–H groups in total. The van der Waals surface area contributed by atoms with E-state index in [2.05, 4.69) is 57.3 Å². The predicted octanol–water partition coefficient (Wildman–Crippen LogP) is 4.21. The first-order valence-electron chi connectivity index (χ1n) is 7.77. The fourth-order valence-electron chi connectivity index (χ4n) is 3.48. The maximum absolute atomic E-state index is 6.06. The Morgan fingerprint density at radius 3 is 2.78 bits per heavy atom. The van der Waals surface area contributed by atoms with Crippen LogP contribution in [0.4, 0.5) is 11.8 Å². The van der Waals surface area contributed by atoms with E-state index in [0.717, 1.165) is 25.2 Å². The Bertz CT molecular complexity index is 839. The molecule has 0 bridgehead atoms. The van der Waals surface area contributed by atoms with Gasteiger partial charge in [0.15, 0.2) is 0 Å². The van der Waals surface area contributed by atoms with Gasteiger partial charge in [-0.05, 0) is 29.2 Å². The monoisotopic (exact) mass is 324 g/mol. The van der Waals surface area contributed by atoms with Crippen molar-refractivity contribution in [2.24, 2.45) is 0 Å². The Hall–Kier alpha value is -2.33. The van der Waals surface area contributed by atoms with Crippen molar-refractivity contribution in [1.29, 1.82) is 0 Å². The van der Waals surface area contributed by atoms with Crippen molar-refractivity contribution in [3.63, 3.8) is 0 Å². The summed E-state index contributed by atoms with van der Waals surface area (Å²) in [5.74, 6) is 1.02. The predicted molar refractivity (Wildman–Crippen MR) is 94.7 cm³/mol. The number of aromatic nitrogens is 2. The van der Waals surface area contributed by atoms with Crippen LogP contribution in [0.15, 0.2) is 48.5 Å². The van der Waals surface area contributed by atoms with Gasteiger partial charge in [0.05, 0.1) is 6.04 Å². The highest BCUT2D eigenvalue weighted by Crippen LogP contribution is 2.38. The average Bonchev–Trinajstić information content (AvgIpc) is 3.03. The summed E-state index contributed by atoms with van der Waals surface area (Å²) in [6.07, 6.45) is 2.21. The Kier molecular flexibility index (Phi) is 3.54. The van der Waals surface area contributed by atoms with Crippen LogP contribution in [0.1, 0.15) is 24.4 Å². The number of nitrogens with zero attached hydrogens (tertiary/aromatic N) is 3. The highest BCUT2D eigenvalue weighted by atomic mass is 35.5. The molecule has 0 saturated carbocycles. The third kappa shape index (κ3) is 2.59. The zero-order chi connectivity index (χ0) is 15.8. The smallest absolute Gasteiger partial charge is 0.223 e. The lowest BCUT2D eigenvalue weighted by Gasteiger charge is -2.27. The fourth-order valence-corrected chi connectivity index (χ4v) is 3.66. The molecule has 1 aliphatic rings. The van der Waals surface area contributed by atoms with Gasteiger partial charge < -0.3 is 10.6 Å². The summed E-state index contributed by atoms with van der Waals surface area (Å²) in [4.78, 5) is 10.6. The molecule has 1 aliphatic heterocycles. The SMILES string of the molecule is Nc1nc(Cl)cc(N2CCCC2c2cccc3ccccc23)n1. The molecule has 2 heterocycles. The number of hydrogen-bond donors (Lipinski definition) is 1. The zero-order valence-electron chi connectivity index (χ0n) is 12.6. The maximum Gasteiger partial charge on any atom is 0.223 e. The van der Waals surface area contributed by atoms with Crippen LogP contribution in [0, 0.1) is 0 Å². The van der Waals surface area contributed by atoms with Crippen molar-refractivity contribution in [1.82, 2.24) is 9.97 Å². The topological polar surface area (TPSA) is 55.0 Å². The van der Waals surface area contributed by atoms with Crippen molar-refractivity contribution in [3.05, 3.63) is 59.2 Å². The molecule has 1 atom stereocenters. The number of hydrogen-bond acceptors (Lipinski definition) is 4. The molecular weight excluding hydrogens is 308 g/mol. The maximum atomic E-state index is 6.06. The van der Waals surface area contributed by atoms with Gasteiger partial charge in [0.2, 0.25) is 5.95 Å². The quantitative estimate of drug-likeness (QED) is 0.717. The molecule has 1 aromatic heterocycles. The van der Waals surface area contributed by atoms with Gasteiger partial charge in [-0.2, -0.15) is 4.98 Å². The number of benzene rings is 2. The molecule has 0 radical (unpaired) electrons. The van der Waals surface area contributed by atoms with E-state index in [1.807, 2.05) is 0 Å². The Morgan fingerprint density at radius 2 is 1.91 bits per heavy atom. The average molecular weight is 325 g/mol. The first kappa shape index (κ1) is 14.3. The lowest BCUT2D eigenvalue weighted by atomic mass is 9.97. The Labute approximate surface area is 139 Å². The molecule has 5 heteroatoms. The summed E-state index contributed by atoms with van der Waals surface area (Å²) >= 11 is 6.06. The van der Waals surface area contributed by atoms with Gasteiger partial charge in [0, 0.05) is 12.6 Å². The summed E-state index contributed by atoms with van der Waals surface area (Å²) < 4.78 is 0. The van der Waals surface area contributed by atoms with Crippen LogP contribution in [-0.2, 0) is 0 Å². The molecule has 4 nitrogen and oxygen atoms in total. The van der Waals surface area contributed by atoms with Gasteiger partial charge in [0.1, 0.15) is 11.0 Å². The lowest BCUT2D eigenvalue weighted by molar-refractivity contribution is 0.717. The van der Waals surface area contributed by atoms with Gasteiger partial charge in [-0.3, -0.25) is 0 Å². The van der Waals surface area contributed by atoms with Crippen molar-refractivity contribution in [3.8, 4) is 0 Å². The lowest BCUT2D eigenvalue weighted by Crippen LogP contribution is -2.24. The van der Waals surface area contributed by atoms with Crippen LogP contribution in [0.25, 0.3) is 10.8 Å². The molecular formula is C18H17ClN4. The van der Waals surface area contributed by atoms with E-state index in [1.165, 1.54) is 16.3 Å². The number of anilines is 2. The van der Waals surface area contributed by atoms with E-state index in [-0.39, 0.29) is 12.0 Å². The summed E-state index contributed by atoms with van der Waals surface area (Å²) in [6, 6.07) is 17.0. The summed E-state index contributed by atoms with van der Waals surface area (Å²) in [5.41, 5.74) is 7.10. The molecule has 1 unspecified atom stereocenters. The van der Waals surface area contributed by atoms with Crippen LogP contribution < -0.4 is 10.6 Å². The fraction of sp³-hybridized carbons (Fsp3) is 0.222. The summed E-state index contributed by atoms with van der Waals surface area (Å²) in [5, 5.41) is 2.94. The van der Waals surface area contributed by atoms with E-state index in [0.29, 0.717) is 5.15 Å². The third-order valence-corrected chi connectivity index (χ3v) is 4.62. The summed E-state index contributed by atoms with van der Waals surface area (Å²) in [6.45, 7) is 0.945. The number of halogens is 1. The van der Waals surface area contributed by atoms with E-state index in [1.54, 1.807) is 6.07 Å². The minimum Gasteiger partial charge on any atom is -0.368 e. The molecule has 2 aromatic carbocycles. The Balaban J connectivity index is 1.80. The number of fused-ring (bicyclic) bond motifs is 1. The molecule has 0 spiro atoms. The van der Waals surface area contributed by atoms with Gasteiger partial charge in [-0.15, -0.1) is 0 Å². The van der Waals surface area contributed by atoms with E-state index < -0.39 is 0 Å². The van der Waals surface area contributed by atoms with Gasteiger partial charge in [-0.1, -0.05) is 54.1 Å². The Morgan fingerprint density at radius 1 is 1.09 bits per heavy atom. The number of nitrogen functional groups attached to an aromatic ring is 1. The second-order valence-electron chi connectivity index (χ2n) is 5.83. The normalized spacial score (nSPS) is 17.8. The van der Waals surface area contributed by atoms with Gasteiger partial charge in [-0.25, -0.2) is 4.98 Å². The van der Waals surface area contributed by atoms with Crippen molar-refractivity contribution < 1.29 is 0 Å². The minimum absolute atomic E-state index is 0.219. The summed E-state index contributed by atoms with van der Waals surface area (Å²) in [7, 11) is 0. The molecule has 0 amide bonds. The zero-order valence-corrected chi connectivity index (χ0v) is 13.4. The second kappa shape index (κ2) is 5.70. The third-order valence-electron chi connectivity index (χ3n) is 4.43. The molecule has 0 aliphatic carbocycles. The van der Waals surface area contributed by atoms with Crippen LogP contribution in [0.2, 0.25) is 5.15 Å². The number of nitrogens with two attached hydrogens (primary N) is 1. The van der Waals surface area contributed by atoms with E-state index in [9.17, 15) is 0 Å². The molecule has 23 heavy (non-hydrogen) atoms. The molecule has 116 valence electrons.